The van der Waals surface area contributed by atoms with Crippen LogP contribution in [0.25, 0.3) is 0 Å². The van der Waals surface area contributed by atoms with Gasteiger partial charge in [-0.1, -0.05) is 56.3 Å². The summed E-state index contributed by atoms with van der Waals surface area (Å²) >= 11 is 0. The molecule has 0 amide bonds. The predicted octanol–water partition coefficient (Wildman–Crippen LogP) is 5.17. The Kier molecular flexibility index (Phi) is 4.82. The molecule has 2 aromatic heterocycles. The molecular formula is C21H22N2. The molecule has 0 aliphatic rings. The van der Waals surface area contributed by atoms with Crippen LogP contribution in [0, 0.1) is 0 Å². The summed E-state index contributed by atoms with van der Waals surface area (Å²) in [5.41, 5.74) is 3.75. The van der Waals surface area contributed by atoms with Gasteiger partial charge in [0.15, 0.2) is 0 Å². The van der Waals surface area contributed by atoms with E-state index in [0.717, 1.165) is 5.69 Å². The molecule has 0 saturated heterocycles. The SMILES string of the molecule is CC(c1ccccc1)C(c1cccnc1)C(C)c1ccccn1. The fourth-order valence-corrected chi connectivity index (χ4v) is 3.38. The molecule has 0 spiro atoms. The smallest absolute Gasteiger partial charge is 0.0438 e. The molecule has 0 bridgehead atoms. The second-order valence-corrected chi connectivity index (χ2v) is 6.05. The monoisotopic (exact) mass is 302 g/mol. The number of pyridine rings is 2. The molecule has 3 aromatic rings. The summed E-state index contributed by atoms with van der Waals surface area (Å²) in [6.45, 7) is 4.56. The lowest BCUT2D eigenvalue weighted by molar-refractivity contribution is 0.488. The van der Waals surface area contributed by atoms with Gasteiger partial charge in [0.1, 0.15) is 0 Å². The van der Waals surface area contributed by atoms with E-state index in [1.165, 1.54) is 11.1 Å². The number of hydrogen-bond donors (Lipinski definition) is 0. The predicted molar refractivity (Wildman–Crippen MR) is 94.5 cm³/mol. The lowest BCUT2D eigenvalue weighted by Gasteiger charge is -2.30. The Bertz CT molecular complexity index is 665. The average Bonchev–Trinajstić information content (AvgIpc) is 2.64. The van der Waals surface area contributed by atoms with Crippen molar-refractivity contribution in [3.05, 3.63) is 96.1 Å². The molecule has 0 N–H and O–H groups in total. The van der Waals surface area contributed by atoms with Gasteiger partial charge >= 0.3 is 0 Å². The maximum Gasteiger partial charge on any atom is 0.0438 e. The number of benzene rings is 1. The van der Waals surface area contributed by atoms with Gasteiger partial charge in [0.2, 0.25) is 0 Å². The highest BCUT2D eigenvalue weighted by Crippen LogP contribution is 2.42. The summed E-state index contributed by atoms with van der Waals surface area (Å²) < 4.78 is 0. The van der Waals surface area contributed by atoms with Gasteiger partial charge in [-0.2, -0.15) is 0 Å². The fraction of sp³-hybridized carbons (Fsp3) is 0.238. The maximum atomic E-state index is 4.58. The number of hydrogen-bond acceptors (Lipinski definition) is 2. The average molecular weight is 302 g/mol. The van der Waals surface area contributed by atoms with Gasteiger partial charge in [-0.05, 0) is 35.2 Å². The minimum atomic E-state index is 0.315. The normalized spacial score (nSPS) is 14.9. The third-order valence-electron chi connectivity index (χ3n) is 4.63. The van der Waals surface area contributed by atoms with E-state index in [-0.39, 0.29) is 0 Å². The first kappa shape index (κ1) is 15.4. The van der Waals surface area contributed by atoms with Crippen molar-refractivity contribution in [2.45, 2.75) is 31.6 Å². The largest absolute Gasteiger partial charge is 0.264 e. The van der Waals surface area contributed by atoms with Crippen molar-refractivity contribution < 1.29 is 0 Å². The van der Waals surface area contributed by atoms with E-state index in [4.69, 9.17) is 0 Å². The second-order valence-electron chi connectivity index (χ2n) is 6.05. The van der Waals surface area contributed by atoms with Crippen LogP contribution in [0.2, 0.25) is 0 Å². The van der Waals surface area contributed by atoms with E-state index in [1.807, 2.05) is 30.7 Å². The van der Waals surface area contributed by atoms with E-state index < -0.39 is 0 Å². The van der Waals surface area contributed by atoms with Crippen LogP contribution < -0.4 is 0 Å². The van der Waals surface area contributed by atoms with E-state index in [9.17, 15) is 0 Å². The van der Waals surface area contributed by atoms with Gasteiger partial charge in [-0.3, -0.25) is 9.97 Å². The summed E-state index contributed by atoms with van der Waals surface area (Å²) in [5.74, 6) is 1.04. The Balaban J connectivity index is 2.01. The van der Waals surface area contributed by atoms with Gasteiger partial charge in [0, 0.05) is 36.1 Å². The molecule has 0 radical (unpaired) electrons. The van der Waals surface area contributed by atoms with Crippen LogP contribution in [0.1, 0.15) is 48.4 Å². The Hall–Kier alpha value is -2.48. The molecule has 0 fully saturated rings. The van der Waals surface area contributed by atoms with E-state index in [0.29, 0.717) is 17.8 Å². The van der Waals surface area contributed by atoms with Crippen LogP contribution in [0.5, 0.6) is 0 Å². The second kappa shape index (κ2) is 7.19. The Morgan fingerprint density at radius 2 is 1.43 bits per heavy atom. The first-order valence-electron chi connectivity index (χ1n) is 8.13. The molecule has 3 atom stereocenters. The quantitative estimate of drug-likeness (QED) is 0.650. The standard InChI is InChI=1S/C21H22N2/c1-16(18-9-4-3-5-10-18)21(19-11-8-13-22-15-19)17(2)20-12-6-7-14-23-20/h3-17,21H,1-2H3. The minimum Gasteiger partial charge on any atom is -0.264 e. The molecule has 2 nitrogen and oxygen atoms in total. The van der Waals surface area contributed by atoms with Crippen molar-refractivity contribution >= 4 is 0 Å². The van der Waals surface area contributed by atoms with Crippen LogP contribution in [0.4, 0.5) is 0 Å². The summed E-state index contributed by atoms with van der Waals surface area (Å²) in [6, 6.07) is 21.0. The topological polar surface area (TPSA) is 25.8 Å². The van der Waals surface area contributed by atoms with Crippen LogP contribution in [-0.2, 0) is 0 Å². The van der Waals surface area contributed by atoms with Gasteiger partial charge in [0.25, 0.3) is 0 Å². The summed E-state index contributed by atoms with van der Waals surface area (Å²) in [5, 5.41) is 0. The third kappa shape index (κ3) is 3.48. The molecule has 23 heavy (non-hydrogen) atoms. The van der Waals surface area contributed by atoms with Gasteiger partial charge in [-0.25, -0.2) is 0 Å². The van der Waals surface area contributed by atoms with E-state index in [1.54, 1.807) is 0 Å². The van der Waals surface area contributed by atoms with Crippen LogP contribution in [0.3, 0.4) is 0 Å². The van der Waals surface area contributed by atoms with Crippen molar-refractivity contribution in [1.29, 1.82) is 0 Å². The van der Waals surface area contributed by atoms with Gasteiger partial charge < -0.3 is 0 Å². The van der Waals surface area contributed by atoms with Crippen molar-refractivity contribution in [1.82, 2.24) is 9.97 Å². The first-order valence-corrected chi connectivity index (χ1v) is 8.13. The lowest BCUT2D eigenvalue weighted by atomic mass is 9.74. The minimum absolute atomic E-state index is 0.315. The number of rotatable bonds is 5. The van der Waals surface area contributed by atoms with Crippen molar-refractivity contribution in [2.75, 3.05) is 0 Å². The van der Waals surface area contributed by atoms with Crippen molar-refractivity contribution in [2.24, 2.45) is 0 Å². The molecule has 116 valence electrons. The summed E-state index contributed by atoms with van der Waals surface area (Å²) in [6.07, 6.45) is 5.70. The summed E-state index contributed by atoms with van der Waals surface area (Å²) in [7, 11) is 0. The van der Waals surface area contributed by atoms with Crippen LogP contribution in [0.15, 0.2) is 79.3 Å². The molecule has 0 aliphatic heterocycles. The molecule has 0 aliphatic carbocycles. The lowest BCUT2D eigenvalue weighted by Crippen LogP contribution is -2.16. The molecule has 2 heterocycles. The Morgan fingerprint density at radius 3 is 2.09 bits per heavy atom. The van der Waals surface area contributed by atoms with Gasteiger partial charge in [0.05, 0.1) is 0 Å². The zero-order valence-corrected chi connectivity index (χ0v) is 13.6. The molecule has 1 aromatic carbocycles. The number of nitrogens with zero attached hydrogens (tertiary/aromatic N) is 2. The zero-order valence-electron chi connectivity index (χ0n) is 13.6. The fourth-order valence-electron chi connectivity index (χ4n) is 3.38. The number of aromatic nitrogens is 2. The van der Waals surface area contributed by atoms with E-state index >= 15 is 0 Å². The molecule has 0 saturated carbocycles. The highest BCUT2D eigenvalue weighted by molar-refractivity contribution is 5.30. The highest BCUT2D eigenvalue weighted by atomic mass is 14.7. The van der Waals surface area contributed by atoms with Gasteiger partial charge in [-0.15, -0.1) is 0 Å². The van der Waals surface area contributed by atoms with E-state index in [2.05, 4.69) is 72.3 Å². The molecular weight excluding hydrogens is 280 g/mol. The highest BCUT2D eigenvalue weighted by Gasteiger charge is 2.28. The Morgan fingerprint density at radius 1 is 0.696 bits per heavy atom. The molecule has 2 heteroatoms. The summed E-state index contributed by atoms with van der Waals surface area (Å²) in [4.78, 5) is 8.92. The zero-order chi connectivity index (χ0) is 16.1. The molecule has 3 rings (SSSR count). The third-order valence-corrected chi connectivity index (χ3v) is 4.63. The first-order chi connectivity index (χ1) is 11.3. The van der Waals surface area contributed by atoms with Crippen molar-refractivity contribution in [3.8, 4) is 0 Å². The van der Waals surface area contributed by atoms with Crippen molar-refractivity contribution in [3.63, 3.8) is 0 Å². The Labute approximate surface area is 138 Å². The van der Waals surface area contributed by atoms with Crippen LogP contribution in [-0.4, -0.2) is 9.97 Å². The van der Waals surface area contributed by atoms with Crippen LogP contribution >= 0.6 is 0 Å². The maximum absolute atomic E-state index is 4.58. The molecule has 3 unspecified atom stereocenters.